The molecule has 0 atom stereocenters. The first kappa shape index (κ1) is 25.1. The largest absolute Gasteiger partial charge is 0.493 e. The van der Waals surface area contributed by atoms with Crippen LogP contribution < -0.4 is 4.74 Å². The van der Waals surface area contributed by atoms with Gasteiger partial charge < -0.3 is 19.4 Å². The molecule has 0 radical (unpaired) electrons. The highest BCUT2D eigenvalue weighted by atomic mass is 16.5. The normalized spacial score (nSPS) is 18.8. The SMILES string of the molecule is CN1CCN(CCCOc2ccccc2C(=O)N2CCN(C3c4ccccc4-c4ccccc43)CC2)CC1. The first-order valence-corrected chi connectivity index (χ1v) is 14.0. The Kier molecular flexibility index (Phi) is 7.45. The molecular weight excluding hydrogens is 472 g/mol. The Morgan fingerprint density at radius 2 is 1.37 bits per heavy atom. The van der Waals surface area contributed by atoms with Crippen molar-refractivity contribution in [3.63, 3.8) is 0 Å². The van der Waals surface area contributed by atoms with Crippen LogP contribution in [-0.4, -0.2) is 98.1 Å². The third kappa shape index (κ3) is 5.08. The van der Waals surface area contributed by atoms with Crippen LogP contribution in [0.5, 0.6) is 5.75 Å². The van der Waals surface area contributed by atoms with Crippen LogP contribution in [-0.2, 0) is 0 Å². The maximum atomic E-state index is 13.6. The first-order valence-electron chi connectivity index (χ1n) is 14.0. The lowest BCUT2D eigenvalue weighted by atomic mass is 10.0. The van der Waals surface area contributed by atoms with Crippen molar-refractivity contribution in [3.05, 3.63) is 89.5 Å². The van der Waals surface area contributed by atoms with Crippen molar-refractivity contribution in [1.29, 1.82) is 0 Å². The molecule has 38 heavy (non-hydrogen) atoms. The summed E-state index contributed by atoms with van der Waals surface area (Å²) in [4.78, 5) is 23.0. The van der Waals surface area contributed by atoms with Gasteiger partial charge in [-0.15, -0.1) is 0 Å². The van der Waals surface area contributed by atoms with Gasteiger partial charge in [0.05, 0.1) is 18.2 Å². The van der Waals surface area contributed by atoms with E-state index < -0.39 is 0 Å². The number of fused-ring (bicyclic) bond motifs is 3. The van der Waals surface area contributed by atoms with Crippen LogP contribution in [0.2, 0.25) is 0 Å². The number of para-hydroxylation sites is 1. The summed E-state index contributed by atoms with van der Waals surface area (Å²) in [5, 5.41) is 0. The summed E-state index contributed by atoms with van der Waals surface area (Å²) in [5.41, 5.74) is 6.11. The Labute approximate surface area is 226 Å². The van der Waals surface area contributed by atoms with E-state index in [1.54, 1.807) is 0 Å². The van der Waals surface area contributed by atoms with E-state index in [0.29, 0.717) is 17.9 Å². The predicted octanol–water partition coefficient (Wildman–Crippen LogP) is 4.23. The molecule has 0 saturated carbocycles. The molecule has 1 amide bonds. The number of ether oxygens (including phenoxy) is 1. The van der Waals surface area contributed by atoms with E-state index in [1.807, 2.05) is 29.2 Å². The quantitative estimate of drug-likeness (QED) is 0.445. The standard InChI is InChI=1S/C32H38N4O2/c1-33-16-18-34(19-17-33)15-8-24-38-30-14-7-6-13-29(30)32(37)36-22-20-35(21-23-36)31-27-11-4-2-9-25(27)26-10-3-5-12-28(26)31/h2-7,9-14,31H,8,15-24H2,1H3. The lowest BCUT2D eigenvalue weighted by Crippen LogP contribution is -2.49. The Hall–Kier alpha value is -3.19. The van der Waals surface area contributed by atoms with Gasteiger partial charge in [0.25, 0.3) is 5.91 Å². The van der Waals surface area contributed by atoms with Gasteiger partial charge in [-0.05, 0) is 47.9 Å². The van der Waals surface area contributed by atoms with Crippen LogP contribution in [0.1, 0.15) is 33.9 Å². The number of nitrogens with zero attached hydrogens (tertiary/aromatic N) is 4. The Bertz CT molecular complexity index is 1220. The summed E-state index contributed by atoms with van der Waals surface area (Å²) < 4.78 is 6.15. The molecule has 1 aliphatic carbocycles. The molecule has 3 aliphatic rings. The van der Waals surface area contributed by atoms with Crippen molar-refractivity contribution < 1.29 is 9.53 Å². The Balaban J connectivity index is 1.06. The summed E-state index contributed by atoms with van der Waals surface area (Å²) in [7, 11) is 2.18. The minimum atomic E-state index is 0.0755. The zero-order valence-electron chi connectivity index (χ0n) is 22.4. The van der Waals surface area contributed by atoms with Gasteiger partial charge in [-0.3, -0.25) is 9.69 Å². The highest BCUT2D eigenvalue weighted by Gasteiger charge is 2.35. The van der Waals surface area contributed by atoms with Crippen molar-refractivity contribution in [2.75, 3.05) is 72.6 Å². The maximum Gasteiger partial charge on any atom is 0.257 e. The molecule has 6 nitrogen and oxygen atoms in total. The smallest absolute Gasteiger partial charge is 0.257 e. The second-order valence-electron chi connectivity index (χ2n) is 10.7. The van der Waals surface area contributed by atoms with E-state index in [4.69, 9.17) is 4.74 Å². The van der Waals surface area contributed by atoms with E-state index in [1.165, 1.54) is 22.3 Å². The fourth-order valence-electron chi connectivity index (χ4n) is 6.19. The molecule has 198 valence electrons. The first-order chi connectivity index (χ1) is 18.7. The molecule has 2 aliphatic heterocycles. The lowest BCUT2D eigenvalue weighted by molar-refractivity contribution is 0.0595. The van der Waals surface area contributed by atoms with Gasteiger partial charge >= 0.3 is 0 Å². The van der Waals surface area contributed by atoms with Crippen molar-refractivity contribution in [2.45, 2.75) is 12.5 Å². The van der Waals surface area contributed by atoms with Gasteiger partial charge in [0.15, 0.2) is 0 Å². The molecule has 6 rings (SSSR count). The van der Waals surface area contributed by atoms with Crippen molar-refractivity contribution in [1.82, 2.24) is 19.6 Å². The predicted molar refractivity (Wildman–Crippen MR) is 152 cm³/mol. The molecule has 6 heteroatoms. The van der Waals surface area contributed by atoms with Crippen LogP contribution in [0.25, 0.3) is 11.1 Å². The summed E-state index contributed by atoms with van der Waals surface area (Å²) in [6.45, 7) is 9.32. The van der Waals surface area contributed by atoms with Gasteiger partial charge in [0, 0.05) is 58.9 Å². The zero-order valence-corrected chi connectivity index (χ0v) is 22.4. The monoisotopic (exact) mass is 510 g/mol. The number of likely N-dealkylation sites (N-methyl/N-ethyl adjacent to an activating group) is 1. The molecule has 2 saturated heterocycles. The van der Waals surface area contributed by atoms with Crippen LogP contribution in [0.15, 0.2) is 72.8 Å². The topological polar surface area (TPSA) is 39.3 Å². The third-order valence-corrected chi connectivity index (χ3v) is 8.36. The molecule has 3 aromatic rings. The van der Waals surface area contributed by atoms with Crippen molar-refractivity contribution >= 4 is 5.91 Å². The second kappa shape index (κ2) is 11.3. The summed E-state index contributed by atoms with van der Waals surface area (Å²) in [5.74, 6) is 0.781. The molecule has 0 aromatic heterocycles. The fraction of sp³-hybridized carbons (Fsp3) is 0.406. The zero-order chi connectivity index (χ0) is 25.9. The third-order valence-electron chi connectivity index (χ3n) is 8.36. The van der Waals surface area contributed by atoms with E-state index >= 15 is 0 Å². The van der Waals surface area contributed by atoms with Gasteiger partial charge in [0.1, 0.15) is 5.75 Å². The molecule has 0 bridgehead atoms. The van der Waals surface area contributed by atoms with E-state index in [9.17, 15) is 4.79 Å². The number of benzene rings is 3. The summed E-state index contributed by atoms with van der Waals surface area (Å²) in [6, 6.07) is 25.5. The van der Waals surface area contributed by atoms with Crippen molar-refractivity contribution in [2.24, 2.45) is 0 Å². The number of carbonyl (C=O) groups is 1. The highest BCUT2D eigenvalue weighted by molar-refractivity contribution is 5.97. The van der Waals surface area contributed by atoms with Crippen LogP contribution in [0.4, 0.5) is 0 Å². The van der Waals surface area contributed by atoms with E-state index in [2.05, 4.69) is 70.3 Å². The minimum absolute atomic E-state index is 0.0755. The molecule has 3 aromatic carbocycles. The number of hydrogen-bond donors (Lipinski definition) is 0. The van der Waals surface area contributed by atoms with E-state index in [-0.39, 0.29) is 11.9 Å². The maximum absolute atomic E-state index is 13.6. The second-order valence-corrected chi connectivity index (χ2v) is 10.7. The summed E-state index contributed by atoms with van der Waals surface area (Å²) in [6.07, 6.45) is 0.968. The molecule has 2 heterocycles. The van der Waals surface area contributed by atoms with Crippen molar-refractivity contribution in [3.8, 4) is 16.9 Å². The molecule has 0 N–H and O–H groups in total. The average Bonchev–Trinajstić information content (AvgIpc) is 3.31. The van der Waals surface area contributed by atoms with E-state index in [0.717, 1.165) is 65.3 Å². The number of hydrogen-bond acceptors (Lipinski definition) is 5. The molecule has 2 fully saturated rings. The highest BCUT2D eigenvalue weighted by Crippen LogP contribution is 2.46. The molecular formula is C32H38N4O2. The number of piperazine rings is 2. The Morgan fingerprint density at radius 1 is 0.763 bits per heavy atom. The van der Waals surface area contributed by atoms with Crippen LogP contribution >= 0.6 is 0 Å². The summed E-state index contributed by atoms with van der Waals surface area (Å²) >= 11 is 0. The van der Waals surface area contributed by atoms with Gasteiger partial charge in [-0.25, -0.2) is 0 Å². The number of amides is 1. The van der Waals surface area contributed by atoms with Gasteiger partial charge in [-0.2, -0.15) is 0 Å². The number of carbonyl (C=O) groups excluding carboxylic acids is 1. The fourth-order valence-corrected chi connectivity index (χ4v) is 6.19. The average molecular weight is 511 g/mol. The van der Waals surface area contributed by atoms with Crippen LogP contribution in [0, 0.1) is 0 Å². The minimum Gasteiger partial charge on any atom is -0.493 e. The number of rotatable bonds is 7. The molecule has 0 unspecified atom stereocenters. The van der Waals surface area contributed by atoms with Gasteiger partial charge in [-0.1, -0.05) is 60.7 Å². The van der Waals surface area contributed by atoms with Crippen LogP contribution in [0.3, 0.4) is 0 Å². The Morgan fingerprint density at radius 3 is 2.05 bits per heavy atom. The molecule has 0 spiro atoms. The van der Waals surface area contributed by atoms with Gasteiger partial charge in [0.2, 0.25) is 0 Å². The lowest BCUT2D eigenvalue weighted by Gasteiger charge is -2.39.